The van der Waals surface area contributed by atoms with E-state index in [1.54, 1.807) is 20.4 Å². The number of methoxy groups -OCH3 is 2. The number of hydrogen-bond donors (Lipinski definition) is 1. The van der Waals surface area contributed by atoms with Crippen molar-refractivity contribution in [2.75, 3.05) is 14.2 Å². The molecule has 0 saturated heterocycles. The van der Waals surface area contributed by atoms with Gasteiger partial charge in [0, 0.05) is 11.6 Å². The molecule has 2 aromatic carbocycles. The van der Waals surface area contributed by atoms with Gasteiger partial charge in [-0.25, -0.2) is 0 Å². The monoisotopic (exact) mass is 393 g/mol. The highest BCUT2D eigenvalue weighted by atomic mass is 16.5. The van der Waals surface area contributed by atoms with Crippen LogP contribution in [0.2, 0.25) is 0 Å². The fourth-order valence-electron chi connectivity index (χ4n) is 3.39. The molecular weight excluding hydrogens is 366 g/mol. The normalized spacial score (nSPS) is 11.7. The molecule has 3 rings (SSSR count). The number of ether oxygens (including phenoxy) is 2. The number of carbonyl (C=O) groups is 1. The summed E-state index contributed by atoms with van der Waals surface area (Å²) in [5.41, 5.74) is 3.55. The van der Waals surface area contributed by atoms with Crippen molar-refractivity contribution in [1.82, 2.24) is 15.1 Å². The minimum absolute atomic E-state index is 0.147. The summed E-state index contributed by atoms with van der Waals surface area (Å²) in [7, 11) is 3.22. The van der Waals surface area contributed by atoms with Crippen LogP contribution in [0.3, 0.4) is 0 Å². The van der Waals surface area contributed by atoms with Crippen LogP contribution in [0.4, 0.5) is 0 Å². The van der Waals surface area contributed by atoms with E-state index in [4.69, 9.17) is 9.47 Å². The lowest BCUT2D eigenvalue weighted by Crippen LogP contribution is -2.27. The first-order valence-electron chi connectivity index (χ1n) is 9.68. The van der Waals surface area contributed by atoms with Crippen LogP contribution in [0.25, 0.3) is 0 Å². The van der Waals surface area contributed by atoms with Gasteiger partial charge >= 0.3 is 0 Å². The van der Waals surface area contributed by atoms with E-state index in [2.05, 4.69) is 22.5 Å². The lowest BCUT2D eigenvalue weighted by atomic mass is 10.1. The molecule has 0 fully saturated rings. The predicted octanol–water partition coefficient (Wildman–Crippen LogP) is 4.00. The largest absolute Gasteiger partial charge is 0.497 e. The van der Waals surface area contributed by atoms with Crippen LogP contribution in [0.15, 0.2) is 54.7 Å². The SMILES string of the molecule is CCc1c(C(=O)NC(C)c2ccc(OC)cc2OC)cnn1Cc1ccccc1. The van der Waals surface area contributed by atoms with Crippen molar-refractivity contribution in [3.8, 4) is 11.5 Å². The Morgan fingerprint density at radius 1 is 1.14 bits per heavy atom. The maximum atomic E-state index is 13.0. The molecule has 1 heterocycles. The van der Waals surface area contributed by atoms with Crippen molar-refractivity contribution in [2.24, 2.45) is 0 Å². The molecule has 0 radical (unpaired) electrons. The van der Waals surface area contributed by atoms with Crippen LogP contribution in [0.1, 0.15) is 47.1 Å². The van der Waals surface area contributed by atoms with Crippen LogP contribution in [-0.4, -0.2) is 29.9 Å². The second kappa shape index (κ2) is 9.28. The average Bonchev–Trinajstić information content (AvgIpc) is 3.16. The molecule has 1 N–H and O–H groups in total. The van der Waals surface area contributed by atoms with E-state index in [0.29, 0.717) is 23.6 Å². The van der Waals surface area contributed by atoms with E-state index in [1.807, 2.05) is 54.9 Å². The molecule has 0 spiro atoms. The molecule has 0 aliphatic carbocycles. The first-order chi connectivity index (χ1) is 14.1. The Morgan fingerprint density at radius 3 is 2.55 bits per heavy atom. The predicted molar refractivity (Wildman–Crippen MR) is 113 cm³/mol. The van der Waals surface area contributed by atoms with E-state index in [1.165, 1.54) is 0 Å². The Morgan fingerprint density at radius 2 is 1.90 bits per heavy atom. The van der Waals surface area contributed by atoms with Gasteiger partial charge in [-0.15, -0.1) is 0 Å². The van der Waals surface area contributed by atoms with E-state index >= 15 is 0 Å². The third-order valence-corrected chi connectivity index (χ3v) is 4.96. The zero-order chi connectivity index (χ0) is 20.8. The summed E-state index contributed by atoms with van der Waals surface area (Å²) in [6.45, 7) is 4.60. The van der Waals surface area contributed by atoms with E-state index in [0.717, 1.165) is 23.2 Å². The molecule has 6 heteroatoms. The second-order valence-corrected chi connectivity index (χ2v) is 6.80. The second-order valence-electron chi connectivity index (χ2n) is 6.80. The summed E-state index contributed by atoms with van der Waals surface area (Å²) in [4.78, 5) is 13.0. The van der Waals surface area contributed by atoms with Crippen LogP contribution in [0.5, 0.6) is 11.5 Å². The highest BCUT2D eigenvalue weighted by molar-refractivity contribution is 5.95. The first kappa shape index (κ1) is 20.5. The summed E-state index contributed by atoms with van der Waals surface area (Å²) in [6, 6.07) is 15.4. The van der Waals surface area contributed by atoms with Gasteiger partial charge in [-0.1, -0.05) is 37.3 Å². The zero-order valence-corrected chi connectivity index (χ0v) is 17.3. The van der Waals surface area contributed by atoms with Crippen molar-refractivity contribution >= 4 is 5.91 Å². The quantitative estimate of drug-likeness (QED) is 0.628. The van der Waals surface area contributed by atoms with Gasteiger partial charge in [0.05, 0.1) is 44.3 Å². The molecule has 1 unspecified atom stereocenters. The molecule has 152 valence electrons. The fourth-order valence-corrected chi connectivity index (χ4v) is 3.39. The average molecular weight is 393 g/mol. The first-order valence-corrected chi connectivity index (χ1v) is 9.68. The third kappa shape index (κ3) is 4.59. The number of nitrogens with one attached hydrogen (secondary N) is 1. The maximum Gasteiger partial charge on any atom is 0.255 e. The summed E-state index contributed by atoms with van der Waals surface area (Å²) >= 11 is 0. The van der Waals surface area contributed by atoms with Gasteiger partial charge in [0.2, 0.25) is 0 Å². The van der Waals surface area contributed by atoms with Crippen molar-refractivity contribution in [1.29, 1.82) is 0 Å². The maximum absolute atomic E-state index is 13.0. The fraction of sp³-hybridized carbons (Fsp3) is 0.304. The van der Waals surface area contributed by atoms with Gasteiger partial charge in [0.25, 0.3) is 5.91 Å². The third-order valence-electron chi connectivity index (χ3n) is 4.96. The zero-order valence-electron chi connectivity index (χ0n) is 17.3. The standard InChI is InChI=1S/C23H27N3O3/c1-5-21-20(14-24-26(21)15-17-9-7-6-8-10-17)23(27)25-16(2)19-12-11-18(28-3)13-22(19)29-4/h6-14,16H,5,15H2,1-4H3,(H,25,27). The molecule has 0 saturated carbocycles. The summed E-state index contributed by atoms with van der Waals surface area (Å²) < 4.78 is 12.6. The molecular formula is C23H27N3O3. The van der Waals surface area contributed by atoms with Crippen molar-refractivity contribution < 1.29 is 14.3 Å². The van der Waals surface area contributed by atoms with Crippen LogP contribution < -0.4 is 14.8 Å². The minimum Gasteiger partial charge on any atom is -0.497 e. The topological polar surface area (TPSA) is 65.4 Å². The number of nitrogens with zero attached hydrogens (tertiary/aromatic N) is 2. The molecule has 1 atom stereocenters. The Kier molecular flexibility index (Phi) is 6.54. The van der Waals surface area contributed by atoms with Gasteiger partial charge in [0.15, 0.2) is 0 Å². The number of carbonyl (C=O) groups excluding carboxylic acids is 1. The molecule has 6 nitrogen and oxygen atoms in total. The van der Waals surface area contributed by atoms with Gasteiger partial charge in [-0.3, -0.25) is 9.48 Å². The number of rotatable bonds is 8. The number of aromatic nitrogens is 2. The summed E-state index contributed by atoms with van der Waals surface area (Å²) in [6.07, 6.45) is 2.37. The minimum atomic E-state index is -0.231. The van der Waals surface area contributed by atoms with Crippen LogP contribution in [0, 0.1) is 0 Å². The Bertz CT molecular complexity index is 967. The van der Waals surface area contributed by atoms with Crippen LogP contribution >= 0.6 is 0 Å². The van der Waals surface area contributed by atoms with Gasteiger partial charge < -0.3 is 14.8 Å². The molecule has 3 aromatic rings. The Hall–Kier alpha value is -3.28. The highest BCUT2D eigenvalue weighted by Gasteiger charge is 2.20. The van der Waals surface area contributed by atoms with Gasteiger partial charge in [0.1, 0.15) is 11.5 Å². The highest BCUT2D eigenvalue weighted by Crippen LogP contribution is 2.29. The van der Waals surface area contributed by atoms with Crippen molar-refractivity contribution in [2.45, 2.75) is 32.9 Å². The van der Waals surface area contributed by atoms with Crippen LogP contribution in [-0.2, 0) is 13.0 Å². The van der Waals surface area contributed by atoms with Gasteiger partial charge in [-0.05, 0) is 31.0 Å². The van der Waals surface area contributed by atoms with Crippen molar-refractivity contribution in [3.63, 3.8) is 0 Å². The molecule has 1 amide bonds. The lowest BCUT2D eigenvalue weighted by Gasteiger charge is -2.18. The molecule has 0 bridgehead atoms. The number of benzene rings is 2. The number of hydrogen-bond acceptors (Lipinski definition) is 4. The molecule has 1 aromatic heterocycles. The molecule has 29 heavy (non-hydrogen) atoms. The lowest BCUT2D eigenvalue weighted by molar-refractivity contribution is 0.0938. The van der Waals surface area contributed by atoms with E-state index in [9.17, 15) is 4.79 Å². The Labute approximate surface area is 171 Å². The Balaban J connectivity index is 1.79. The number of amides is 1. The van der Waals surface area contributed by atoms with Crippen molar-refractivity contribution in [3.05, 3.63) is 77.1 Å². The summed E-state index contributed by atoms with van der Waals surface area (Å²) in [5.74, 6) is 1.23. The molecule has 0 aliphatic rings. The van der Waals surface area contributed by atoms with E-state index in [-0.39, 0.29) is 11.9 Å². The van der Waals surface area contributed by atoms with E-state index < -0.39 is 0 Å². The van der Waals surface area contributed by atoms with Gasteiger partial charge in [-0.2, -0.15) is 5.10 Å². The smallest absolute Gasteiger partial charge is 0.255 e. The summed E-state index contributed by atoms with van der Waals surface area (Å²) in [5, 5.41) is 7.52. The molecule has 0 aliphatic heterocycles.